The summed E-state index contributed by atoms with van der Waals surface area (Å²) in [4.78, 5) is 9.48. The van der Waals surface area contributed by atoms with Crippen LogP contribution in [0.1, 0.15) is 5.56 Å². The first-order valence-electron chi connectivity index (χ1n) is 5.23. The third kappa shape index (κ3) is 3.52. The predicted octanol–water partition coefficient (Wildman–Crippen LogP) is 2.89. The van der Waals surface area contributed by atoms with Crippen LogP contribution in [0.4, 0.5) is 0 Å². The number of nitrogens with two attached hydrogens (primary N) is 1. The summed E-state index contributed by atoms with van der Waals surface area (Å²) < 4.78 is 1.06. The molecule has 0 aliphatic rings. The van der Waals surface area contributed by atoms with Gasteiger partial charge in [-0.3, -0.25) is 0 Å². The lowest BCUT2D eigenvalue weighted by Gasteiger charge is -2.05. The Morgan fingerprint density at radius 1 is 1.24 bits per heavy atom. The number of nitrogens with zero attached hydrogens (tertiary/aromatic N) is 2. The van der Waals surface area contributed by atoms with Crippen LogP contribution in [0, 0.1) is 0 Å². The number of rotatable bonds is 4. The summed E-state index contributed by atoms with van der Waals surface area (Å²) in [6, 6.07) is 8.06. The van der Waals surface area contributed by atoms with Gasteiger partial charge >= 0.3 is 0 Å². The highest BCUT2D eigenvalue weighted by atomic mass is 79.9. The van der Waals surface area contributed by atoms with Crippen molar-refractivity contribution in [1.29, 1.82) is 0 Å². The number of halogens is 1. The molecule has 0 fully saturated rings. The molecule has 2 aromatic rings. The van der Waals surface area contributed by atoms with E-state index in [2.05, 4.69) is 44.1 Å². The fraction of sp³-hybridized carbons (Fsp3) is 0.167. The third-order valence-electron chi connectivity index (χ3n) is 2.17. The van der Waals surface area contributed by atoms with Crippen molar-refractivity contribution in [3.05, 3.63) is 46.7 Å². The Balaban J connectivity index is 2.17. The van der Waals surface area contributed by atoms with Crippen LogP contribution >= 0.6 is 27.7 Å². The van der Waals surface area contributed by atoms with E-state index in [1.54, 1.807) is 24.2 Å². The number of hydrogen-bond donors (Lipinski definition) is 1. The molecular weight excluding hydrogens is 298 g/mol. The third-order valence-corrected chi connectivity index (χ3v) is 4.06. The Kier molecular flexibility index (Phi) is 4.53. The zero-order valence-electron chi connectivity index (χ0n) is 9.14. The Morgan fingerprint density at radius 2 is 2.00 bits per heavy atom. The number of benzene rings is 1. The van der Waals surface area contributed by atoms with Gasteiger partial charge in [-0.05, 0) is 64.4 Å². The highest BCUT2D eigenvalue weighted by molar-refractivity contribution is 9.10. The van der Waals surface area contributed by atoms with Crippen LogP contribution in [0.5, 0.6) is 0 Å². The topological polar surface area (TPSA) is 51.8 Å². The maximum Gasteiger partial charge on any atom is 0.192 e. The van der Waals surface area contributed by atoms with Crippen molar-refractivity contribution in [3.8, 4) is 0 Å². The van der Waals surface area contributed by atoms with Crippen molar-refractivity contribution in [2.45, 2.75) is 16.5 Å². The van der Waals surface area contributed by atoms with Crippen molar-refractivity contribution in [3.63, 3.8) is 0 Å². The Hall–Kier alpha value is -0.910. The molecule has 0 amide bonds. The molecule has 0 unspecified atom stereocenters. The Labute approximate surface area is 113 Å². The maximum atomic E-state index is 5.53. The second-order valence-electron chi connectivity index (χ2n) is 3.44. The monoisotopic (exact) mass is 309 g/mol. The molecule has 0 saturated carbocycles. The SMILES string of the molecule is NCCc1ccc(Sc2ncccn2)c(Br)c1. The van der Waals surface area contributed by atoms with E-state index >= 15 is 0 Å². The van der Waals surface area contributed by atoms with Crippen LogP contribution in [0.2, 0.25) is 0 Å². The van der Waals surface area contributed by atoms with Crippen LogP contribution in [0.15, 0.2) is 51.2 Å². The molecule has 3 nitrogen and oxygen atoms in total. The minimum Gasteiger partial charge on any atom is -0.330 e. The summed E-state index contributed by atoms with van der Waals surface area (Å²) in [5, 5.41) is 0.750. The first kappa shape index (κ1) is 12.5. The zero-order chi connectivity index (χ0) is 12.1. The van der Waals surface area contributed by atoms with Gasteiger partial charge in [0.1, 0.15) is 0 Å². The lowest BCUT2D eigenvalue weighted by Crippen LogP contribution is -2.02. The molecule has 88 valence electrons. The van der Waals surface area contributed by atoms with Crippen LogP contribution in [-0.4, -0.2) is 16.5 Å². The molecule has 1 heterocycles. The van der Waals surface area contributed by atoms with Gasteiger partial charge in [0.15, 0.2) is 5.16 Å². The summed E-state index contributed by atoms with van der Waals surface area (Å²) in [5.41, 5.74) is 6.77. The van der Waals surface area contributed by atoms with E-state index in [9.17, 15) is 0 Å². The molecule has 0 bridgehead atoms. The molecule has 0 spiro atoms. The van der Waals surface area contributed by atoms with Gasteiger partial charge in [0, 0.05) is 21.8 Å². The van der Waals surface area contributed by atoms with Crippen molar-refractivity contribution in [1.82, 2.24) is 9.97 Å². The van der Waals surface area contributed by atoms with Crippen molar-refractivity contribution < 1.29 is 0 Å². The van der Waals surface area contributed by atoms with Gasteiger partial charge in [0.25, 0.3) is 0 Å². The van der Waals surface area contributed by atoms with Gasteiger partial charge in [-0.2, -0.15) is 0 Å². The summed E-state index contributed by atoms with van der Waals surface area (Å²) in [7, 11) is 0. The minimum absolute atomic E-state index is 0.667. The molecule has 0 aliphatic carbocycles. The van der Waals surface area contributed by atoms with E-state index in [-0.39, 0.29) is 0 Å². The van der Waals surface area contributed by atoms with Crippen LogP contribution in [-0.2, 0) is 6.42 Å². The molecule has 0 aliphatic heterocycles. The second-order valence-corrected chi connectivity index (χ2v) is 5.30. The summed E-state index contributed by atoms with van der Waals surface area (Å²) in [6.07, 6.45) is 4.38. The second kappa shape index (κ2) is 6.14. The molecule has 0 atom stereocenters. The van der Waals surface area contributed by atoms with Crippen LogP contribution in [0.25, 0.3) is 0 Å². The van der Waals surface area contributed by atoms with Gasteiger partial charge in [-0.25, -0.2) is 9.97 Å². The molecule has 1 aromatic heterocycles. The first-order valence-corrected chi connectivity index (χ1v) is 6.84. The molecule has 2 N–H and O–H groups in total. The molecule has 1 aromatic carbocycles. The largest absolute Gasteiger partial charge is 0.330 e. The minimum atomic E-state index is 0.667. The van der Waals surface area contributed by atoms with Gasteiger partial charge < -0.3 is 5.73 Å². The van der Waals surface area contributed by atoms with Crippen molar-refractivity contribution in [2.24, 2.45) is 5.73 Å². The van der Waals surface area contributed by atoms with Gasteiger partial charge in [0.2, 0.25) is 0 Å². The van der Waals surface area contributed by atoms with E-state index in [0.29, 0.717) is 6.54 Å². The molecule has 0 radical (unpaired) electrons. The van der Waals surface area contributed by atoms with Gasteiger partial charge in [0.05, 0.1) is 0 Å². The Bertz CT molecular complexity index is 490. The molecule has 0 saturated heterocycles. The molecular formula is C12H12BrN3S. The normalized spacial score (nSPS) is 10.5. The summed E-state index contributed by atoms with van der Waals surface area (Å²) in [5.74, 6) is 0. The lowest BCUT2D eigenvalue weighted by atomic mass is 10.2. The fourth-order valence-electron chi connectivity index (χ4n) is 1.39. The predicted molar refractivity (Wildman–Crippen MR) is 73.1 cm³/mol. The van der Waals surface area contributed by atoms with E-state index in [4.69, 9.17) is 5.73 Å². The van der Waals surface area contributed by atoms with Crippen molar-refractivity contribution >= 4 is 27.7 Å². The van der Waals surface area contributed by atoms with Gasteiger partial charge in [-0.15, -0.1) is 0 Å². The van der Waals surface area contributed by atoms with E-state index < -0.39 is 0 Å². The summed E-state index contributed by atoms with van der Waals surface area (Å²) >= 11 is 5.10. The van der Waals surface area contributed by atoms with Crippen LogP contribution < -0.4 is 5.73 Å². The number of aromatic nitrogens is 2. The smallest absolute Gasteiger partial charge is 0.192 e. The quantitative estimate of drug-likeness (QED) is 0.882. The lowest BCUT2D eigenvalue weighted by molar-refractivity contribution is 0.959. The Morgan fingerprint density at radius 3 is 2.65 bits per heavy atom. The highest BCUT2D eigenvalue weighted by Crippen LogP contribution is 2.31. The summed E-state index contributed by atoms with van der Waals surface area (Å²) in [6.45, 7) is 0.667. The van der Waals surface area contributed by atoms with E-state index in [1.807, 2.05) is 6.07 Å². The molecule has 5 heteroatoms. The fourth-order valence-corrected chi connectivity index (χ4v) is 2.77. The standard InChI is InChI=1S/C12H12BrN3S/c13-10-8-9(4-5-14)2-3-11(10)17-12-15-6-1-7-16-12/h1-3,6-8H,4-5,14H2. The molecule has 17 heavy (non-hydrogen) atoms. The van der Waals surface area contributed by atoms with Crippen molar-refractivity contribution in [2.75, 3.05) is 6.54 Å². The molecule has 2 rings (SSSR count). The number of hydrogen-bond acceptors (Lipinski definition) is 4. The average Bonchev–Trinajstić information content (AvgIpc) is 2.34. The average molecular weight is 310 g/mol. The van der Waals surface area contributed by atoms with E-state index in [0.717, 1.165) is 20.9 Å². The highest BCUT2D eigenvalue weighted by Gasteiger charge is 2.05. The van der Waals surface area contributed by atoms with Crippen LogP contribution in [0.3, 0.4) is 0 Å². The first-order chi connectivity index (χ1) is 8.29. The zero-order valence-corrected chi connectivity index (χ0v) is 11.5. The van der Waals surface area contributed by atoms with Gasteiger partial charge in [-0.1, -0.05) is 6.07 Å². The van der Waals surface area contributed by atoms with E-state index in [1.165, 1.54) is 5.56 Å². The maximum absolute atomic E-state index is 5.53.